The fourth-order valence-corrected chi connectivity index (χ4v) is 5.78. The summed E-state index contributed by atoms with van der Waals surface area (Å²) < 4.78 is 27.7. The van der Waals surface area contributed by atoms with E-state index in [0.717, 1.165) is 17.1 Å². The highest BCUT2D eigenvalue weighted by Gasteiger charge is 2.39. The van der Waals surface area contributed by atoms with Gasteiger partial charge in [0.15, 0.2) is 0 Å². The van der Waals surface area contributed by atoms with Crippen LogP contribution in [0.15, 0.2) is 29.4 Å². The van der Waals surface area contributed by atoms with Gasteiger partial charge in [0.2, 0.25) is 11.8 Å². The Balaban J connectivity index is 1.88. The Bertz CT molecular complexity index is 979. The van der Waals surface area contributed by atoms with Gasteiger partial charge in [0.05, 0.1) is 11.3 Å². The number of aliphatic hydroxyl groups excluding tert-OH is 1. The summed E-state index contributed by atoms with van der Waals surface area (Å²) in [7, 11) is -4.09. The molecular formula is C20H26ClN3O5S. The third-order valence-electron chi connectivity index (χ3n) is 5.57. The highest BCUT2D eigenvalue weighted by Crippen LogP contribution is 2.29. The monoisotopic (exact) mass is 455 g/mol. The molecule has 2 aliphatic heterocycles. The van der Waals surface area contributed by atoms with Crippen molar-refractivity contribution in [2.45, 2.75) is 44.0 Å². The molecule has 2 atom stereocenters. The standard InChI is InChI=1S/C20H26ClN3O5S/c1-13-9-18(14(2)8-16(13)21)30(28,29)24-7-5-22-20(27)17(24)10-19(26)23-6-3-4-15(11-23)12-25/h5,7-9,15,17,25H,3-4,6,10-12H2,1-2H3,(H,22,27)/t15-,17?/m1/s1. The molecule has 30 heavy (non-hydrogen) atoms. The molecule has 2 heterocycles. The second-order valence-electron chi connectivity index (χ2n) is 7.78. The Labute approximate surface area is 181 Å². The zero-order valence-corrected chi connectivity index (χ0v) is 18.5. The fourth-order valence-electron chi connectivity index (χ4n) is 3.82. The topological polar surface area (TPSA) is 107 Å². The highest BCUT2D eigenvalue weighted by atomic mass is 35.5. The van der Waals surface area contributed by atoms with Crippen molar-refractivity contribution in [3.8, 4) is 0 Å². The predicted octanol–water partition coefficient (Wildman–Crippen LogP) is 1.54. The summed E-state index contributed by atoms with van der Waals surface area (Å²) in [4.78, 5) is 27.0. The van der Waals surface area contributed by atoms with Crippen molar-refractivity contribution < 1.29 is 23.1 Å². The van der Waals surface area contributed by atoms with E-state index in [4.69, 9.17) is 11.6 Å². The van der Waals surface area contributed by atoms with Crippen molar-refractivity contribution in [1.82, 2.24) is 14.5 Å². The van der Waals surface area contributed by atoms with Crippen molar-refractivity contribution in [2.24, 2.45) is 5.92 Å². The molecule has 164 valence electrons. The first kappa shape index (κ1) is 22.6. The second-order valence-corrected chi connectivity index (χ2v) is 10.00. The van der Waals surface area contributed by atoms with Crippen molar-refractivity contribution >= 4 is 33.4 Å². The zero-order valence-electron chi connectivity index (χ0n) is 17.0. The van der Waals surface area contributed by atoms with Gasteiger partial charge in [-0.1, -0.05) is 11.6 Å². The van der Waals surface area contributed by atoms with E-state index in [1.54, 1.807) is 24.8 Å². The third kappa shape index (κ3) is 4.48. The Kier molecular flexibility index (Phi) is 6.74. The number of nitrogens with one attached hydrogen (secondary N) is 1. The predicted molar refractivity (Wildman–Crippen MR) is 112 cm³/mol. The van der Waals surface area contributed by atoms with Crippen molar-refractivity contribution in [3.05, 3.63) is 40.7 Å². The summed E-state index contributed by atoms with van der Waals surface area (Å²) in [5.41, 5.74) is 1.05. The molecule has 0 aromatic heterocycles. The lowest BCUT2D eigenvalue weighted by molar-refractivity contribution is -0.137. The summed E-state index contributed by atoms with van der Waals surface area (Å²) in [6.45, 7) is 4.26. The van der Waals surface area contributed by atoms with Crippen LogP contribution in [0.25, 0.3) is 0 Å². The molecule has 2 N–H and O–H groups in total. The summed E-state index contributed by atoms with van der Waals surface area (Å²) in [6, 6.07) is 1.85. The third-order valence-corrected chi connectivity index (χ3v) is 7.90. The number of hydrogen-bond acceptors (Lipinski definition) is 5. The average Bonchev–Trinajstić information content (AvgIpc) is 2.71. The summed E-state index contributed by atoms with van der Waals surface area (Å²) in [6.07, 6.45) is 3.84. The van der Waals surface area contributed by atoms with Crippen LogP contribution in [0.2, 0.25) is 5.02 Å². The number of likely N-dealkylation sites (tertiary alicyclic amines) is 1. The highest BCUT2D eigenvalue weighted by molar-refractivity contribution is 7.89. The van der Waals surface area contributed by atoms with Gasteiger partial charge in [-0.05, 0) is 55.9 Å². The van der Waals surface area contributed by atoms with E-state index < -0.39 is 22.0 Å². The number of piperidine rings is 1. The van der Waals surface area contributed by atoms with Gasteiger partial charge in [-0.15, -0.1) is 0 Å². The number of nitrogens with zero attached hydrogens (tertiary/aromatic N) is 2. The number of carbonyl (C=O) groups excluding carboxylic acids is 2. The van der Waals surface area contributed by atoms with E-state index in [1.165, 1.54) is 18.5 Å². The molecule has 1 aromatic rings. The Morgan fingerprint density at radius 1 is 1.30 bits per heavy atom. The maximum absolute atomic E-state index is 13.4. The minimum absolute atomic E-state index is 0.00214. The normalized spacial score (nSPS) is 22.2. The molecule has 0 saturated carbocycles. The van der Waals surface area contributed by atoms with Crippen LogP contribution in [0.1, 0.15) is 30.4 Å². The molecule has 1 fully saturated rings. The SMILES string of the molecule is Cc1cc(S(=O)(=O)N2C=CNC(=O)C2CC(=O)N2CCC[C@@H](CO)C2)c(C)cc1Cl. The molecule has 1 saturated heterocycles. The first-order valence-corrected chi connectivity index (χ1v) is 11.6. The Morgan fingerprint density at radius 2 is 2.03 bits per heavy atom. The summed E-state index contributed by atoms with van der Waals surface area (Å²) in [5, 5.41) is 12.3. The molecule has 10 heteroatoms. The van der Waals surface area contributed by atoms with Gasteiger partial charge in [0.25, 0.3) is 10.0 Å². The van der Waals surface area contributed by atoms with Gasteiger partial charge in [0.1, 0.15) is 6.04 Å². The van der Waals surface area contributed by atoms with E-state index in [9.17, 15) is 23.1 Å². The number of halogens is 1. The number of rotatable bonds is 5. The largest absolute Gasteiger partial charge is 0.396 e. The molecular weight excluding hydrogens is 430 g/mol. The van der Waals surface area contributed by atoms with Crippen LogP contribution in [0, 0.1) is 19.8 Å². The van der Waals surface area contributed by atoms with E-state index >= 15 is 0 Å². The number of amides is 2. The number of hydrogen-bond donors (Lipinski definition) is 2. The minimum Gasteiger partial charge on any atom is -0.396 e. The minimum atomic E-state index is -4.09. The Hall–Kier alpha value is -2.10. The van der Waals surface area contributed by atoms with Gasteiger partial charge in [0, 0.05) is 37.1 Å². The smallest absolute Gasteiger partial charge is 0.264 e. The first-order chi connectivity index (χ1) is 14.1. The lowest BCUT2D eigenvalue weighted by atomic mass is 9.98. The summed E-state index contributed by atoms with van der Waals surface area (Å²) >= 11 is 6.10. The van der Waals surface area contributed by atoms with Gasteiger partial charge >= 0.3 is 0 Å². The number of benzene rings is 1. The van der Waals surface area contributed by atoms with Crippen molar-refractivity contribution in [3.63, 3.8) is 0 Å². The Morgan fingerprint density at radius 3 is 2.73 bits per heavy atom. The maximum Gasteiger partial charge on any atom is 0.264 e. The van der Waals surface area contributed by atoms with Crippen LogP contribution in [-0.4, -0.2) is 60.3 Å². The van der Waals surface area contributed by atoms with E-state index in [1.807, 2.05) is 0 Å². The van der Waals surface area contributed by atoms with Gasteiger partial charge in [-0.25, -0.2) is 8.42 Å². The number of carbonyl (C=O) groups is 2. The number of sulfonamides is 1. The molecule has 1 aromatic carbocycles. The quantitative estimate of drug-likeness (QED) is 0.700. The van der Waals surface area contributed by atoms with Crippen LogP contribution in [0.3, 0.4) is 0 Å². The molecule has 0 bridgehead atoms. The molecule has 0 radical (unpaired) electrons. The molecule has 2 aliphatic rings. The molecule has 3 rings (SSSR count). The lowest BCUT2D eigenvalue weighted by Crippen LogP contribution is -2.52. The zero-order chi connectivity index (χ0) is 22.1. The fraction of sp³-hybridized carbons (Fsp3) is 0.500. The van der Waals surface area contributed by atoms with Crippen LogP contribution in [0.5, 0.6) is 0 Å². The van der Waals surface area contributed by atoms with Crippen molar-refractivity contribution in [2.75, 3.05) is 19.7 Å². The molecule has 0 spiro atoms. The van der Waals surface area contributed by atoms with Crippen LogP contribution >= 0.6 is 11.6 Å². The molecule has 2 amide bonds. The number of aliphatic hydroxyl groups is 1. The van der Waals surface area contributed by atoms with Gasteiger partial charge in [-0.2, -0.15) is 0 Å². The first-order valence-electron chi connectivity index (χ1n) is 9.81. The molecule has 8 nitrogen and oxygen atoms in total. The van der Waals surface area contributed by atoms with Crippen LogP contribution in [-0.2, 0) is 19.6 Å². The van der Waals surface area contributed by atoms with Crippen molar-refractivity contribution in [1.29, 1.82) is 0 Å². The van der Waals surface area contributed by atoms with Crippen LogP contribution in [0.4, 0.5) is 0 Å². The molecule has 1 unspecified atom stereocenters. The lowest BCUT2D eigenvalue weighted by Gasteiger charge is -2.35. The van der Waals surface area contributed by atoms with Gasteiger partial charge < -0.3 is 15.3 Å². The van der Waals surface area contributed by atoms with Crippen LogP contribution < -0.4 is 5.32 Å². The van der Waals surface area contributed by atoms with Gasteiger partial charge in [-0.3, -0.25) is 13.9 Å². The number of aryl methyl sites for hydroxylation is 2. The summed E-state index contributed by atoms with van der Waals surface area (Å²) in [5.74, 6) is -0.872. The van der Waals surface area contributed by atoms with E-state index in [0.29, 0.717) is 29.2 Å². The maximum atomic E-state index is 13.4. The van der Waals surface area contributed by atoms with E-state index in [-0.39, 0.29) is 29.7 Å². The average molecular weight is 456 g/mol. The second kappa shape index (κ2) is 8.95. The van der Waals surface area contributed by atoms with E-state index in [2.05, 4.69) is 5.32 Å². The molecule has 0 aliphatic carbocycles.